The monoisotopic (exact) mass is 206 g/mol. The molecule has 6 N–H and O–H groups in total. The smallest absolute Gasteiger partial charge is 0.316 e. The van der Waals surface area contributed by atoms with Gasteiger partial charge in [0.25, 0.3) is 0 Å². The molecule has 0 aliphatic carbocycles. The number of carbonyl (C=O) groups excluding carboxylic acids is 3. The average Bonchev–Trinajstić information content (AvgIpc) is 2.03. The van der Waals surface area contributed by atoms with Crippen LogP contribution in [-0.2, 0) is 9.59 Å². The summed E-state index contributed by atoms with van der Waals surface area (Å²) in [5.74, 6) is -1.62. The molecule has 0 fully saturated rings. The zero-order valence-corrected chi connectivity index (χ0v) is 7.03. The topological polar surface area (TPSA) is 140 Å². The van der Waals surface area contributed by atoms with Crippen molar-refractivity contribution in [3.05, 3.63) is 0 Å². The van der Waals surface area contributed by atoms with Crippen LogP contribution in [0.3, 0.4) is 0 Å². The number of carbonyl (C=O) groups is 3. The van der Waals surface area contributed by atoms with Crippen LogP contribution in [0.2, 0.25) is 0 Å². The van der Waals surface area contributed by atoms with Gasteiger partial charge < -0.3 is 10.4 Å². The Morgan fingerprint density at radius 1 is 0.857 bits per heavy atom. The third-order valence-corrected chi connectivity index (χ3v) is 0.985. The van der Waals surface area contributed by atoms with Crippen LogP contribution >= 0.6 is 0 Å². The van der Waals surface area contributed by atoms with Gasteiger partial charge >= 0.3 is 6.03 Å². The fourth-order valence-electron chi connectivity index (χ4n) is 0.516. The summed E-state index contributed by atoms with van der Waals surface area (Å²) < 4.78 is 0. The largest absolute Gasteiger partial charge is 0.328 e. The second kappa shape index (κ2) is 6.91. The van der Waals surface area contributed by atoms with Crippen LogP contribution in [0.5, 0.6) is 0 Å². The molecule has 0 aliphatic heterocycles. The maximum absolute atomic E-state index is 10.7. The predicted molar refractivity (Wildman–Crippen MR) is 41.3 cm³/mol. The van der Waals surface area contributed by atoms with Crippen LogP contribution in [0.1, 0.15) is 0 Å². The molecule has 80 valence electrons. The van der Waals surface area contributed by atoms with Crippen LogP contribution in [0.15, 0.2) is 0 Å². The first-order valence-corrected chi connectivity index (χ1v) is 3.47. The number of urea groups is 1. The second-order valence-electron chi connectivity index (χ2n) is 2.10. The van der Waals surface area contributed by atoms with E-state index in [1.54, 1.807) is 10.6 Å². The van der Waals surface area contributed by atoms with E-state index in [4.69, 9.17) is 10.4 Å². The zero-order chi connectivity index (χ0) is 11.0. The maximum Gasteiger partial charge on any atom is 0.328 e. The molecule has 0 atom stereocenters. The number of hydrogen-bond acceptors (Lipinski definition) is 7. The lowest BCUT2D eigenvalue weighted by molar-refractivity contribution is -0.121. The van der Waals surface area contributed by atoms with Crippen molar-refractivity contribution >= 4 is 17.8 Å². The van der Waals surface area contributed by atoms with Crippen molar-refractivity contribution in [1.82, 2.24) is 21.6 Å². The minimum atomic E-state index is -1.04. The molecule has 0 rings (SSSR count). The number of rotatable bonds is 4. The second-order valence-corrected chi connectivity index (χ2v) is 2.10. The molecule has 0 aromatic rings. The van der Waals surface area contributed by atoms with Crippen LogP contribution in [0, 0.1) is 0 Å². The fraction of sp³-hybridized carbons (Fsp3) is 0.400. The highest BCUT2D eigenvalue weighted by atomic mass is 16.5. The molecule has 9 heteroatoms. The summed E-state index contributed by atoms with van der Waals surface area (Å²) in [5.41, 5.74) is 3.04. The van der Waals surface area contributed by atoms with Crippen LogP contribution < -0.4 is 21.6 Å². The highest BCUT2D eigenvalue weighted by Crippen LogP contribution is 1.68. The van der Waals surface area contributed by atoms with Gasteiger partial charge in [-0.25, -0.2) is 4.79 Å². The molecule has 0 saturated carbocycles. The summed E-state index contributed by atoms with van der Waals surface area (Å²) in [7, 11) is 0. The number of hydrogen-bond donors (Lipinski definition) is 6. The third kappa shape index (κ3) is 6.02. The van der Waals surface area contributed by atoms with Gasteiger partial charge in [-0.2, -0.15) is 11.0 Å². The van der Waals surface area contributed by atoms with E-state index in [1.165, 1.54) is 11.0 Å². The summed E-state index contributed by atoms with van der Waals surface area (Å²) in [6.07, 6.45) is 0. The summed E-state index contributed by atoms with van der Waals surface area (Å²) >= 11 is 0. The summed E-state index contributed by atoms with van der Waals surface area (Å²) in [5, 5.41) is 19.6. The number of hydroxylamine groups is 2. The zero-order valence-electron chi connectivity index (χ0n) is 7.03. The maximum atomic E-state index is 10.7. The Hall–Kier alpha value is -1.55. The predicted octanol–water partition coefficient (Wildman–Crippen LogP) is -2.70. The Balaban J connectivity index is 3.75. The lowest BCUT2D eigenvalue weighted by Gasteiger charge is -2.03. The first kappa shape index (κ1) is 12.4. The molecular formula is C5H10N4O5. The highest BCUT2D eigenvalue weighted by molar-refractivity contribution is 6.02. The molecule has 9 nitrogen and oxygen atoms in total. The van der Waals surface area contributed by atoms with Crippen molar-refractivity contribution in [3.8, 4) is 0 Å². The molecule has 0 saturated heterocycles. The number of nitrogens with one attached hydrogen (secondary N) is 4. The molecule has 0 aromatic heterocycles. The van der Waals surface area contributed by atoms with E-state index in [0.29, 0.717) is 0 Å². The first-order valence-electron chi connectivity index (χ1n) is 3.47. The van der Waals surface area contributed by atoms with Gasteiger partial charge in [-0.15, -0.1) is 0 Å². The molecule has 4 amide bonds. The Bertz CT molecular complexity index is 208. The SMILES string of the molecule is O=C(CNO)NC(=O)NC(=O)CNO. The molecule has 0 spiro atoms. The van der Waals surface area contributed by atoms with Gasteiger partial charge in [0, 0.05) is 0 Å². The standard InChI is InChI=1S/C5H10N4O5/c10-3(1-6-13)8-5(12)9-4(11)2-7-14/h6-7,13-14H,1-2H2,(H2,8,9,10,11,12). The van der Waals surface area contributed by atoms with Crippen molar-refractivity contribution in [1.29, 1.82) is 0 Å². The van der Waals surface area contributed by atoms with Crippen LogP contribution in [0.25, 0.3) is 0 Å². The Morgan fingerprint density at radius 3 is 1.50 bits per heavy atom. The van der Waals surface area contributed by atoms with Crippen molar-refractivity contribution in [3.63, 3.8) is 0 Å². The minimum absolute atomic E-state index is 0.472. The summed E-state index contributed by atoms with van der Waals surface area (Å²) in [6.45, 7) is -0.945. The van der Waals surface area contributed by atoms with E-state index in [-0.39, 0.29) is 0 Å². The van der Waals surface area contributed by atoms with E-state index in [0.717, 1.165) is 0 Å². The number of amides is 4. The van der Waals surface area contributed by atoms with Crippen LogP contribution in [-0.4, -0.2) is 41.3 Å². The van der Waals surface area contributed by atoms with Gasteiger partial charge in [0.05, 0.1) is 0 Å². The van der Waals surface area contributed by atoms with Crippen molar-refractivity contribution < 1.29 is 24.8 Å². The van der Waals surface area contributed by atoms with Gasteiger partial charge in [-0.3, -0.25) is 20.2 Å². The highest BCUT2D eigenvalue weighted by Gasteiger charge is 2.09. The molecular weight excluding hydrogens is 196 g/mol. The van der Waals surface area contributed by atoms with Gasteiger partial charge in [0.1, 0.15) is 13.1 Å². The Morgan fingerprint density at radius 2 is 1.21 bits per heavy atom. The molecule has 0 unspecified atom stereocenters. The van der Waals surface area contributed by atoms with E-state index >= 15 is 0 Å². The average molecular weight is 206 g/mol. The quantitative estimate of drug-likeness (QED) is 0.275. The van der Waals surface area contributed by atoms with Gasteiger partial charge in [-0.1, -0.05) is 0 Å². The molecule has 0 aliphatic rings. The van der Waals surface area contributed by atoms with Gasteiger partial charge in [0.15, 0.2) is 0 Å². The van der Waals surface area contributed by atoms with Gasteiger partial charge in [-0.05, 0) is 0 Å². The van der Waals surface area contributed by atoms with Crippen molar-refractivity contribution in [2.24, 2.45) is 0 Å². The van der Waals surface area contributed by atoms with Crippen molar-refractivity contribution in [2.45, 2.75) is 0 Å². The lowest BCUT2D eigenvalue weighted by Crippen LogP contribution is -2.47. The molecule has 0 heterocycles. The molecule has 0 bridgehead atoms. The lowest BCUT2D eigenvalue weighted by atomic mass is 10.6. The first-order chi connectivity index (χ1) is 6.60. The number of imide groups is 2. The molecule has 0 aromatic carbocycles. The van der Waals surface area contributed by atoms with E-state index in [1.807, 2.05) is 0 Å². The fourth-order valence-corrected chi connectivity index (χ4v) is 0.516. The van der Waals surface area contributed by atoms with Crippen molar-refractivity contribution in [2.75, 3.05) is 13.1 Å². The summed E-state index contributed by atoms with van der Waals surface area (Å²) in [6, 6.07) is -1.04. The van der Waals surface area contributed by atoms with E-state index in [2.05, 4.69) is 0 Å². The Labute approximate surface area is 78.4 Å². The van der Waals surface area contributed by atoms with E-state index < -0.39 is 30.9 Å². The van der Waals surface area contributed by atoms with Gasteiger partial charge in [0.2, 0.25) is 11.8 Å². The third-order valence-electron chi connectivity index (χ3n) is 0.985. The van der Waals surface area contributed by atoms with E-state index in [9.17, 15) is 14.4 Å². The summed E-state index contributed by atoms with van der Waals surface area (Å²) in [4.78, 5) is 32.0. The normalized spacial score (nSPS) is 9.29. The molecule has 0 radical (unpaired) electrons. The Kier molecular flexibility index (Phi) is 6.15. The van der Waals surface area contributed by atoms with Crippen LogP contribution in [0.4, 0.5) is 4.79 Å². The minimum Gasteiger partial charge on any atom is -0.316 e. The molecule has 14 heavy (non-hydrogen) atoms.